The highest BCUT2D eigenvalue weighted by Gasteiger charge is 2.28. The van der Waals surface area contributed by atoms with Gasteiger partial charge >= 0.3 is 12.3 Å². The second-order valence-corrected chi connectivity index (χ2v) is 8.65. The highest BCUT2D eigenvalue weighted by atomic mass is 16.7. The van der Waals surface area contributed by atoms with Crippen LogP contribution in [0.15, 0.2) is 0 Å². The molecule has 0 saturated heterocycles. The lowest BCUT2D eigenvalue weighted by atomic mass is 9.95. The summed E-state index contributed by atoms with van der Waals surface area (Å²) < 4.78 is 20.9. The van der Waals surface area contributed by atoms with Crippen LogP contribution in [-0.4, -0.2) is 37.7 Å². The van der Waals surface area contributed by atoms with Gasteiger partial charge in [-0.05, 0) is 37.5 Å². The number of carbonyl (C=O) groups is 2. The van der Waals surface area contributed by atoms with E-state index in [4.69, 9.17) is 18.9 Å². The van der Waals surface area contributed by atoms with Gasteiger partial charge in [-0.2, -0.15) is 0 Å². The minimum absolute atomic E-state index is 0.264. The van der Waals surface area contributed by atoms with Crippen molar-refractivity contribution in [3.63, 3.8) is 0 Å². The lowest BCUT2D eigenvalue weighted by molar-refractivity contribution is -0.0364. The number of ether oxygens (including phenoxy) is 4. The van der Waals surface area contributed by atoms with Crippen molar-refractivity contribution in [2.24, 2.45) is 11.8 Å². The zero-order valence-electron chi connectivity index (χ0n) is 18.2. The molecule has 28 heavy (non-hydrogen) atoms. The van der Waals surface area contributed by atoms with Gasteiger partial charge < -0.3 is 18.9 Å². The van der Waals surface area contributed by atoms with E-state index in [9.17, 15) is 9.59 Å². The minimum Gasteiger partial charge on any atom is -0.434 e. The molecule has 6 heteroatoms. The summed E-state index contributed by atoms with van der Waals surface area (Å²) in [6.45, 7) is 9.18. The van der Waals surface area contributed by atoms with E-state index in [1.807, 2.05) is 13.8 Å². The Labute approximate surface area is 170 Å². The molecular formula is C22H40O6. The predicted octanol–water partition coefficient (Wildman–Crippen LogP) is 6.26. The Kier molecular flexibility index (Phi) is 12.8. The van der Waals surface area contributed by atoms with Crippen LogP contribution in [0, 0.1) is 11.8 Å². The standard InChI is InChI=1S/C22H40O6/c1-17(2)11-8-6-5-7-9-14-25-21(23)27-19-12-10-13-20(15-19)28-22(24)26-16-18(3)4/h17-20H,5-16H2,1-4H3. The molecule has 0 N–H and O–H groups in total. The van der Waals surface area contributed by atoms with E-state index in [0.29, 0.717) is 19.6 Å². The lowest BCUT2D eigenvalue weighted by Gasteiger charge is -2.28. The molecule has 2 unspecified atom stereocenters. The lowest BCUT2D eigenvalue weighted by Crippen LogP contribution is -2.32. The maximum Gasteiger partial charge on any atom is 0.508 e. The number of carbonyl (C=O) groups excluding carboxylic acids is 2. The molecule has 0 spiro atoms. The summed E-state index contributed by atoms with van der Waals surface area (Å²) in [7, 11) is 0. The molecule has 0 aromatic carbocycles. The van der Waals surface area contributed by atoms with Gasteiger partial charge in [0.05, 0.1) is 13.2 Å². The van der Waals surface area contributed by atoms with Crippen LogP contribution in [-0.2, 0) is 18.9 Å². The van der Waals surface area contributed by atoms with E-state index in [2.05, 4.69) is 13.8 Å². The number of hydrogen-bond donors (Lipinski definition) is 0. The van der Waals surface area contributed by atoms with E-state index in [-0.39, 0.29) is 18.1 Å². The molecule has 0 bridgehead atoms. The topological polar surface area (TPSA) is 71.1 Å². The first kappa shape index (κ1) is 24.6. The van der Waals surface area contributed by atoms with E-state index in [1.54, 1.807) is 0 Å². The van der Waals surface area contributed by atoms with Crippen LogP contribution in [0.25, 0.3) is 0 Å². The fourth-order valence-electron chi connectivity index (χ4n) is 3.23. The number of hydrogen-bond acceptors (Lipinski definition) is 6. The van der Waals surface area contributed by atoms with Crippen LogP contribution in [0.4, 0.5) is 9.59 Å². The van der Waals surface area contributed by atoms with Crippen LogP contribution in [0.3, 0.4) is 0 Å². The maximum atomic E-state index is 11.9. The van der Waals surface area contributed by atoms with Crippen molar-refractivity contribution in [1.29, 1.82) is 0 Å². The summed E-state index contributed by atoms with van der Waals surface area (Å²) in [6, 6.07) is 0. The molecular weight excluding hydrogens is 360 g/mol. The molecule has 1 aliphatic rings. The zero-order chi connectivity index (χ0) is 20.8. The smallest absolute Gasteiger partial charge is 0.434 e. The molecule has 0 heterocycles. The quantitative estimate of drug-likeness (QED) is 0.284. The molecule has 0 aromatic heterocycles. The largest absolute Gasteiger partial charge is 0.508 e. The van der Waals surface area contributed by atoms with Crippen molar-refractivity contribution in [3.8, 4) is 0 Å². The Morgan fingerprint density at radius 1 is 0.786 bits per heavy atom. The van der Waals surface area contributed by atoms with E-state index < -0.39 is 12.3 Å². The van der Waals surface area contributed by atoms with Gasteiger partial charge in [0.15, 0.2) is 0 Å². The van der Waals surface area contributed by atoms with Gasteiger partial charge in [0.2, 0.25) is 0 Å². The maximum absolute atomic E-state index is 11.9. The first-order valence-electron chi connectivity index (χ1n) is 11.0. The van der Waals surface area contributed by atoms with E-state index >= 15 is 0 Å². The molecule has 1 saturated carbocycles. The molecule has 1 fully saturated rings. The molecule has 164 valence electrons. The third kappa shape index (κ3) is 12.8. The van der Waals surface area contributed by atoms with Crippen LogP contribution in [0.5, 0.6) is 0 Å². The molecule has 0 aromatic rings. The third-order valence-corrected chi connectivity index (χ3v) is 4.78. The Balaban J connectivity index is 2.09. The Morgan fingerprint density at radius 2 is 1.36 bits per heavy atom. The zero-order valence-corrected chi connectivity index (χ0v) is 18.2. The second-order valence-electron chi connectivity index (χ2n) is 8.65. The Morgan fingerprint density at radius 3 is 1.96 bits per heavy atom. The van der Waals surface area contributed by atoms with Gasteiger partial charge in [0.1, 0.15) is 12.2 Å². The third-order valence-electron chi connectivity index (χ3n) is 4.78. The van der Waals surface area contributed by atoms with Crippen molar-refractivity contribution in [2.45, 2.75) is 104 Å². The monoisotopic (exact) mass is 400 g/mol. The summed E-state index contributed by atoms with van der Waals surface area (Å²) in [5.74, 6) is 1.04. The van der Waals surface area contributed by atoms with Crippen LogP contribution < -0.4 is 0 Å². The van der Waals surface area contributed by atoms with Crippen molar-refractivity contribution < 1.29 is 28.5 Å². The first-order valence-corrected chi connectivity index (χ1v) is 11.0. The van der Waals surface area contributed by atoms with Gasteiger partial charge in [-0.3, -0.25) is 0 Å². The average Bonchev–Trinajstić information content (AvgIpc) is 2.62. The highest BCUT2D eigenvalue weighted by Crippen LogP contribution is 2.24. The molecule has 1 rings (SSSR count). The SMILES string of the molecule is CC(C)CCCCCCCOC(=O)OC1CCCC(OC(=O)OCC(C)C)C1. The summed E-state index contributed by atoms with van der Waals surface area (Å²) >= 11 is 0. The highest BCUT2D eigenvalue weighted by molar-refractivity contribution is 5.60. The normalized spacial score (nSPS) is 19.5. The predicted molar refractivity (Wildman–Crippen MR) is 108 cm³/mol. The first-order chi connectivity index (χ1) is 13.4. The molecule has 0 radical (unpaired) electrons. The second kappa shape index (κ2) is 14.5. The van der Waals surface area contributed by atoms with Crippen LogP contribution >= 0.6 is 0 Å². The Hall–Kier alpha value is -1.46. The van der Waals surface area contributed by atoms with Gasteiger partial charge in [0.25, 0.3) is 0 Å². The summed E-state index contributed by atoms with van der Waals surface area (Å²) in [4.78, 5) is 23.5. The molecule has 0 aliphatic heterocycles. The Bertz CT molecular complexity index is 435. The summed E-state index contributed by atoms with van der Waals surface area (Å²) in [5.41, 5.74) is 0. The number of rotatable bonds is 12. The molecule has 0 amide bonds. The fourth-order valence-corrected chi connectivity index (χ4v) is 3.23. The summed E-state index contributed by atoms with van der Waals surface area (Å²) in [5, 5.41) is 0. The van der Waals surface area contributed by atoms with Crippen molar-refractivity contribution in [3.05, 3.63) is 0 Å². The van der Waals surface area contributed by atoms with Gasteiger partial charge in [-0.15, -0.1) is 0 Å². The van der Waals surface area contributed by atoms with Crippen LogP contribution in [0.1, 0.15) is 91.9 Å². The van der Waals surface area contributed by atoms with Gasteiger partial charge in [-0.25, -0.2) is 9.59 Å². The molecule has 6 nitrogen and oxygen atoms in total. The van der Waals surface area contributed by atoms with E-state index in [0.717, 1.165) is 38.0 Å². The fraction of sp³-hybridized carbons (Fsp3) is 0.909. The summed E-state index contributed by atoms with van der Waals surface area (Å²) in [6.07, 6.45) is 8.01. The van der Waals surface area contributed by atoms with Crippen molar-refractivity contribution >= 4 is 12.3 Å². The van der Waals surface area contributed by atoms with Crippen LogP contribution in [0.2, 0.25) is 0 Å². The van der Waals surface area contributed by atoms with Crippen molar-refractivity contribution in [2.75, 3.05) is 13.2 Å². The van der Waals surface area contributed by atoms with E-state index in [1.165, 1.54) is 25.7 Å². The van der Waals surface area contributed by atoms with Gasteiger partial charge in [0, 0.05) is 6.42 Å². The van der Waals surface area contributed by atoms with Gasteiger partial charge in [-0.1, -0.05) is 59.8 Å². The van der Waals surface area contributed by atoms with Crippen molar-refractivity contribution in [1.82, 2.24) is 0 Å². The minimum atomic E-state index is -0.643. The number of unbranched alkanes of at least 4 members (excludes halogenated alkanes) is 4. The average molecular weight is 401 g/mol. The molecule has 1 aliphatic carbocycles. The molecule has 2 atom stereocenters.